The van der Waals surface area contributed by atoms with Crippen molar-refractivity contribution in [3.63, 3.8) is 0 Å². The van der Waals surface area contributed by atoms with Gasteiger partial charge in [0.15, 0.2) is 0 Å². The Morgan fingerprint density at radius 3 is 2.49 bits per heavy atom. The van der Waals surface area contributed by atoms with Crippen LogP contribution in [0.5, 0.6) is 0 Å². The van der Waals surface area contributed by atoms with E-state index in [0.717, 1.165) is 11.8 Å². The molecule has 1 atom stereocenters. The van der Waals surface area contributed by atoms with Gasteiger partial charge in [-0.1, -0.05) is 30.3 Å². The minimum absolute atomic E-state index is 0.0386. The summed E-state index contributed by atoms with van der Waals surface area (Å²) in [5.74, 6) is -0.522. The number of carbonyl (C=O) groups excluding carboxylic acids is 2. The van der Waals surface area contributed by atoms with E-state index in [9.17, 15) is 22.4 Å². The first kappa shape index (κ1) is 24.7. The van der Waals surface area contributed by atoms with Crippen molar-refractivity contribution < 1.29 is 36.1 Å². The Hall–Kier alpha value is -3.38. The third kappa shape index (κ3) is 6.40. The summed E-state index contributed by atoms with van der Waals surface area (Å²) >= 11 is 0. The van der Waals surface area contributed by atoms with Crippen LogP contribution in [-0.2, 0) is 30.4 Å². The average Bonchev–Trinajstić information content (AvgIpc) is 3.22. The van der Waals surface area contributed by atoms with Gasteiger partial charge in [-0.25, -0.2) is 14.0 Å². The van der Waals surface area contributed by atoms with Crippen molar-refractivity contribution in [1.82, 2.24) is 4.90 Å². The molecule has 2 fully saturated rings. The van der Waals surface area contributed by atoms with Crippen LogP contribution in [0.25, 0.3) is 0 Å². The molecule has 2 aromatic carbocycles. The topological polar surface area (TPSA) is 106 Å². The molecule has 35 heavy (non-hydrogen) atoms. The summed E-state index contributed by atoms with van der Waals surface area (Å²) in [5, 5.41) is 0. The molecule has 2 amide bonds. The monoisotopic (exact) mass is 507 g/mol. The lowest BCUT2D eigenvalue weighted by molar-refractivity contribution is 0.0941. The van der Waals surface area contributed by atoms with Crippen LogP contribution in [0.3, 0.4) is 0 Å². The van der Waals surface area contributed by atoms with Crippen LogP contribution in [-0.4, -0.2) is 77.2 Å². The van der Waals surface area contributed by atoms with Crippen LogP contribution in [0.1, 0.15) is 5.56 Å². The lowest BCUT2D eigenvalue weighted by Gasteiger charge is -2.35. The highest BCUT2D eigenvalue weighted by Gasteiger charge is 2.34. The fraction of sp³-hybridized carbons (Fsp3) is 0.391. The quantitative estimate of drug-likeness (QED) is 0.527. The van der Waals surface area contributed by atoms with Crippen molar-refractivity contribution in [2.45, 2.75) is 12.7 Å². The maximum atomic E-state index is 15.0. The molecule has 0 radical (unpaired) electrons. The highest BCUT2D eigenvalue weighted by atomic mass is 32.2. The second kappa shape index (κ2) is 10.5. The molecule has 2 aliphatic heterocycles. The van der Waals surface area contributed by atoms with Gasteiger partial charge < -0.3 is 19.3 Å². The molecular formula is C23H26FN3O7S. The molecule has 4 rings (SSSR count). The molecule has 0 aliphatic carbocycles. The number of ether oxygens (including phenoxy) is 2. The molecule has 2 aromatic rings. The van der Waals surface area contributed by atoms with Crippen LogP contribution in [0.15, 0.2) is 48.5 Å². The number of amides is 2. The van der Waals surface area contributed by atoms with E-state index in [1.54, 1.807) is 17.0 Å². The fourth-order valence-corrected chi connectivity index (χ4v) is 4.28. The van der Waals surface area contributed by atoms with Crippen molar-refractivity contribution in [2.24, 2.45) is 0 Å². The molecule has 0 spiro atoms. The van der Waals surface area contributed by atoms with Crippen molar-refractivity contribution in [3.8, 4) is 0 Å². The zero-order chi connectivity index (χ0) is 25.0. The van der Waals surface area contributed by atoms with E-state index in [2.05, 4.69) is 4.18 Å². The van der Waals surface area contributed by atoms with Gasteiger partial charge in [-0.2, -0.15) is 8.42 Å². The normalized spacial score (nSPS) is 18.5. The van der Waals surface area contributed by atoms with Crippen LogP contribution < -0.4 is 9.80 Å². The highest BCUT2D eigenvalue weighted by molar-refractivity contribution is 7.85. The van der Waals surface area contributed by atoms with E-state index in [1.165, 1.54) is 11.0 Å². The van der Waals surface area contributed by atoms with Crippen LogP contribution in [0, 0.1) is 5.82 Å². The summed E-state index contributed by atoms with van der Waals surface area (Å²) in [6.07, 6.45) is -0.994. The van der Waals surface area contributed by atoms with E-state index in [1.807, 2.05) is 35.2 Å². The maximum absolute atomic E-state index is 15.0. The van der Waals surface area contributed by atoms with Crippen molar-refractivity contribution in [1.29, 1.82) is 0 Å². The molecule has 10 nitrogen and oxygen atoms in total. The number of nitrogens with zero attached hydrogens (tertiary/aromatic N) is 3. The smallest absolute Gasteiger partial charge is 0.414 e. The van der Waals surface area contributed by atoms with E-state index in [-0.39, 0.29) is 19.8 Å². The van der Waals surface area contributed by atoms with Gasteiger partial charge in [0.2, 0.25) is 0 Å². The summed E-state index contributed by atoms with van der Waals surface area (Å²) in [7, 11) is -3.67. The predicted octanol–water partition coefficient (Wildman–Crippen LogP) is 2.59. The van der Waals surface area contributed by atoms with Crippen molar-refractivity contribution in [2.75, 3.05) is 55.4 Å². The fourth-order valence-electron chi connectivity index (χ4n) is 3.88. The molecule has 188 valence electrons. The zero-order valence-electron chi connectivity index (χ0n) is 19.1. The van der Waals surface area contributed by atoms with Crippen molar-refractivity contribution >= 4 is 33.7 Å². The second-order valence-corrected chi connectivity index (χ2v) is 9.90. The molecule has 2 saturated heterocycles. The Morgan fingerprint density at radius 1 is 1.11 bits per heavy atom. The highest BCUT2D eigenvalue weighted by Crippen LogP contribution is 2.29. The Balaban J connectivity index is 1.30. The first-order valence-electron chi connectivity index (χ1n) is 11.0. The molecule has 0 aromatic heterocycles. The number of anilines is 2. The molecule has 0 saturated carbocycles. The Bertz CT molecular complexity index is 1170. The molecular weight excluding hydrogens is 481 g/mol. The number of hydrogen-bond donors (Lipinski definition) is 0. The Labute approximate surface area is 202 Å². The van der Waals surface area contributed by atoms with Gasteiger partial charge in [0, 0.05) is 26.2 Å². The molecule has 0 N–H and O–H groups in total. The van der Waals surface area contributed by atoms with Gasteiger partial charge in [-0.15, -0.1) is 0 Å². The Kier molecular flexibility index (Phi) is 7.41. The molecule has 12 heteroatoms. The summed E-state index contributed by atoms with van der Waals surface area (Å²) in [4.78, 5) is 29.2. The first-order chi connectivity index (χ1) is 16.7. The van der Waals surface area contributed by atoms with Gasteiger partial charge in [-0.05, 0) is 23.8 Å². The summed E-state index contributed by atoms with van der Waals surface area (Å²) in [6, 6.07) is 13.8. The SMILES string of the molecule is CS(=O)(=O)OCC1CN(c2ccc(N3CCN(C(=O)OCc4ccccc4)CC3)c(F)c2)C(=O)O1. The summed E-state index contributed by atoms with van der Waals surface area (Å²) in [6.45, 7) is 1.54. The Morgan fingerprint density at radius 2 is 1.83 bits per heavy atom. The largest absolute Gasteiger partial charge is 0.445 e. The molecule has 1 unspecified atom stereocenters. The third-order valence-electron chi connectivity index (χ3n) is 5.67. The number of piperazine rings is 1. The molecule has 2 heterocycles. The minimum Gasteiger partial charge on any atom is -0.445 e. The van der Waals surface area contributed by atoms with Gasteiger partial charge in [-0.3, -0.25) is 9.08 Å². The number of hydrogen-bond acceptors (Lipinski definition) is 8. The van der Waals surface area contributed by atoms with E-state index < -0.39 is 34.2 Å². The van der Waals surface area contributed by atoms with Crippen LogP contribution in [0.4, 0.5) is 25.4 Å². The van der Waals surface area contributed by atoms with Gasteiger partial charge in [0.1, 0.15) is 25.1 Å². The number of halogens is 1. The zero-order valence-corrected chi connectivity index (χ0v) is 19.9. The van der Waals surface area contributed by atoms with Crippen LogP contribution in [0.2, 0.25) is 0 Å². The number of benzene rings is 2. The number of cyclic esters (lactones) is 1. The van der Waals surface area contributed by atoms with Gasteiger partial charge in [0.05, 0.1) is 24.2 Å². The van der Waals surface area contributed by atoms with Gasteiger partial charge in [0.25, 0.3) is 10.1 Å². The second-order valence-electron chi connectivity index (χ2n) is 8.26. The third-order valence-corrected chi connectivity index (χ3v) is 6.23. The van der Waals surface area contributed by atoms with E-state index in [0.29, 0.717) is 37.6 Å². The number of rotatable bonds is 7. The molecule has 2 aliphatic rings. The minimum atomic E-state index is -3.67. The maximum Gasteiger partial charge on any atom is 0.414 e. The summed E-state index contributed by atoms with van der Waals surface area (Å²) < 4.78 is 52.4. The molecule has 0 bridgehead atoms. The summed E-state index contributed by atoms with van der Waals surface area (Å²) in [5.41, 5.74) is 1.55. The predicted molar refractivity (Wildman–Crippen MR) is 125 cm³/mol. The van der Waals surface area contributed by atoms with Crippen molar-refractivity contribution in [3.05, 3.63) is 59.9 Å². The lowest BCUT2D eigenvalue weighted by Crippen LogP contribution is -2.49. The first-order valence-corrected chi connectivity index (χ1v) is 12.8. The van der Waals surface area contributed by atoms with E-state index >= 15 is 0 Å². The average molecular weight is 508 g/mol. The standard InChI is InChI=1S/C23H26FN3O7S/c1-35(30,31)33-16-19-14-27(23(29)34-19)18-7-8-21(20(24)13-18)25-9-11-26(12-10-25)22(28)32-15-17-5-3-2-4-6-17/h2-8,13,19H,9-12,14-16H2,1H3. The van der Waals surface area contributed by atoms with Crippen LogP contribution >= 0.6 is 0 Å². The lowest BCUT2D eigenvalue weighted by atomic mass is 10.2. The van der Waals surface area contributed by atoms with E-state index in [4.69, 9.17) is 9.47 Å². The van der Waals surface area contributed by atoms with Gasteiger partial charge >= 0.3 is 12.2 Å². The number of carbonyl (C=O) groups is 2.